The standard InChI is InChI=1S/C13H6ClF3O2/c14-6-1-2-7(13(18)19)8(3-6)9-4-11(16)12(17)5-10(9)15/h1-5H,(H,18,19). The van der Waals surface area contributed by atoms with E-state index in [1.165, 1.54) is 18.2 Å². The maximum Gasteiger partial charge on any atom is 0.336 e. The Bertz CT molecular complexity index is 671. The van der Waals surface area contributed by atoms with Crippen LogP contribution in [0.3, 0.4) is 0 Å². The molecule has 0 amide bonds. The Morgan fingerprint density at radius 1 is 0.947 bits per heavy atom. The molecule has 0 radical (unpaired) electrons. The summed E-state index contributed by atoms with van der Waals surface area (Å²) in [6.45, 7) is 0. The summed E-state index contributed by atoms with van der Waals surface area (Å²) in [5, 5.41) is 9.16. The van der Waals surface area contributed by atoms with E-state index in [0.29, 0.717) is 12.1 Å². The molecule has 2 aromatic rings. The van der Waals surface area contributed by atoms with Crippen LogP contribution >= 0.6 is 11.6 Å². The number of carbonyl (C=O) groups is 1. The highest BCUT2D eigenvalue weighted by molar-refractivity contribution is 6.31. The zero-order valence-corrected chi connectivity index (χ0v) is 10.0. The van der Waals surface area contributed by atoms with Gasteiger partial charge in [-0.1, -0.05) is 11.6 Å². The molecule has 0 bridgehead atoms. The summed E-state index contributed by atoms with van der Waals surface area (Å²) in [5.41, 5.74) is -0.732. The van der Waals surface area contributed by atoms with Crippen LogP contribution in [-0.4, -0.2) is 11.1 Å². The van der Waals surface area contributed by atoms with Gasteiger partial charge in [-0.15, -0.1) is 0 Å². The fraction of sp³-hybridized carbons (Fsp3) is 0. The van der Waals surface area contributed by atoms with Crippen LogP contribution in [0, 0.1) is 17.5 Å². The first-order valence-corrected chi connectivity index (χ1v) is 5.45. The van der Waals surface area contributed by atoms with Crippen LogP contribution in [0.5, 0.6) is 0 Å². The third-order valence-corrected chi connectivity index (χ3v) is 2.75. The summed E-state index contributed by atoms with van der Waals surface area (Å²) in [5.74, 6) is -5.01. The molecule has 0 saturated heterocycles. The Morgan fingerprint density at radius 3 is 2.21 bits per heavy atom. The van der Waals surface area contributed by atoms with E-state index in [1.54, 1.807) is 0 Å². The van der Waals surface area contributed by atoms with Crippen LogP contribution < -0.4 is 0 Å². The molecule has 0 spiro atoms. The topological polar surface area (TPSA) is 37.3 Å². The highest BCUT2D eigenvalue weighted by Crippen LogP contribution is 2.30. The van der Waals surface area contributed by atoms with Crippen molar-refractivity contribution in [1.29, 1.82) is 0 Å². The van der Waals surface area contributed by atoms with E-state index < -0.39 is 23.4 Å². The monoisotopic (exact) mass is 286 g/mol. The third kappa shape index (κ3) is 2.56. The second kappa shape index (κ2) is 4.93. The van der Waals surface area contributed by atoms with Gasteiger partial charge in [0.15, 0.2) is 11.6 Å². The molecule has 2 nitrogen and oxygen atoms in total. The SMILES string of the molecule is O=C(O)c1ccc(Cl)cc1-c1cc(F)c(F)cc1F. The molecular weight excluding hydrogens is 281 g/mol. The molecule has 0 atom stereocenters. The molecule has 0 heterocycles. The van der Waals surface area contributed by atoms with Crippen LogP contribution in [0.25, 0.3) is 11.1 Å². The zero-order chi connectivity index (χ0) is 14.2. The number of hydrogen-bond acceptors (Lipinski definition) is 1. The van der Waals surface area contributed by atoms with Crippen molar-refractivity contribution in [2.45, 2.75) is 0 Å². The molecule has 19 heavy (non-hydrogen) atoms. The Labute approximate surface area is 111 Å². The summed E-state index contributed by atoms with van der Waals surface area (Å²) in [4.78, 5) is 11.0. The first-order chi connectivity index (χ1) is 8.90. The van der Waals surface area contributed by atoms with Gasteiger partial charge in [-0.2, -0.15) is 0 Å². The molecule has 2 aromatic carbocycles. The van der Waals surface area contributed by atoms with Crippen molar-refractivity contribution in [2.75, 3.05) is 0 Å². The van der Waals surface area contributed by atoms with Crippen LogP contribution in [-0.2, 0) is 0 Å². The van der Waals surface area contributed by atoms with Gasteiger partial charge < -0.3 is 5.11 Å². The average molecular weight is 287 g/mol. The lowest BCUT2D eigenvalue weighted by molar-refractivity contribution is 0.0697. The van der Waals surface area contributed by atoms with E-state index in [4.69, 9.17) is 16.7 Å². The van der Waals surface area contributed by atoms with Crippen LogP contribution in [0.15, 0.2) is 30.3 Å². The van der Waals surface area contributed by atoms with Crippen LogP contribution in [0.4, 0.5) is 13.2 Å². The molecule has 0 aliphatic rings. The van der Waals surface area contributed by atoms with E-state index >= 15 is 0 Å². The largest absolute Gasteiger partial charge is 0.478 e. The predicted octanol–water partition coefficient (Wildman–Crippen LogP) is 4.12. The lowest BCUT2D eigenvalue weighted by Crippen LogP contribution is -2.01. The first kappa shape index (κ1) is 13.4. The van der Waals surface area contributed by atoms with Crippen molar-refractivity contribution in [3.05, 3.63) is 58.4 Å². The van der Waals surface area contributed by atoms with Crippen molar-refractivity contribution in [3.63, 3.8) is 0 Å². The van der Waals surface area contributed by atoms with E-state index in [9.17, 15) is 18.0 Å². The van der Waals surface area contributed by atoms with Crippen molar-refractivity contribution in [3.8, 4) is 11.1 Å². The fourth-order valence-electron chi connectivity index (χ4n) is 1.65. The fourth-order valence-corrected chi connectivity index (χ4v) is 1.83. The summed E-state index contributed by atoms with van der Waals surface area (Å²) in [6, 6.07) is 4.62. The first-order valence-electron chi connectivity index (χ1n) is 5.08. The van der Waals surface area contributed by atoms with Gasteiger partial charge in [0.25, 0.3) is 0 Å². The quantitative estimate of drug-likeness (QED) is 0.843. The summed E-state index contributed by atoms with van der Waals surface area (Å²) in [7, 11) is 0. The minimum atomic E-state index is -1.35. The molecule has 1 N–H and O–H groups in total. The van der Waals surface area contributed by atoms with Crippen LogP contribution in [0.2, 0.25) is 5.02 Å². The Balaban J connectivity index is 2.74. The van der Waals surface area contributed by atoms with Gasteiger partial charge in [-0.25, -0.2) is 18.0 Å². The molecular formula is C13H6ClF3O2. The lowest BCUT2D eigenvalue weighted by Gasteiger charge is -2.08. The Hall–Kier alpha value is -2.01. The van der Waals surface area contributed by atoms with E-state index in [0.717, 1.165) is 0 Å². The van der Waals surface area contributed by atoms with Crippen molar-refractivity contribution in [2.24, 2.45) is 0 Å². The van der Waals surface area contributed by atoms with Crippen molar-refractivity contribution >= 4 is 17.6 Å². The molecule has 2 rings (SSSR count). The Kier molecular flexibility index (Phi) is 3.48. The van der Waals surface area contributed by atoms with Gasteiger partial charge in [0.2, 0.25) is 0 Å². The van der Waals surface area contributed by atoms with Gasteiger partial charge in [-0.3, -0.25) is 0 Å². The Morgan fingerprint density at radius 2 is 1.58 bits per heavy atom. The number of hydrogen-bond donors (Lipinski definition) is 1. The number of carboxylic acid groups (broad SMARTS) is 1. The molecule has 0 aliphatic heterocycles. The molecule has 0 saturated carbocycles. The number of halogens is 4. The summed E-state index contributed by atoms with van der Waals surface area (Å²) in [6.07, 6.45) is 0. The van der Waals surface area contributed by atoms with Crippen LogP contribution in [0.1, 0.15) is 10.4 Å². The summed E-state index contributed by atoms with van der Waals surface area (Å²) >= 11 is 5.71. The number of carboxylic acids is 1. The van der Waals surface area contributed by atoms with Gasteiger partial charge in [0, 0.05) is 22.2 Å². The molecule has 0 aromatic heterocycles. The second-order valence-corrected chi connectivity index (χ2v) is 4.18. The minimum Gasteiger partial charge on any atom is -0.478 e. The minimum absolute atomic E-state index is 0.114. The van der Waals surface area contributed by atoms with Gasteiger partial charge in [0.05, 0.1) is 5.56 Å². The van der Waals surface area contributed by atoms with Gasteiger partial charge >= 0.3 is 5.97 Å². The van der Waals surface area contributed by atoms with Crippen molar-refractivity contribution < 1.29 is 23.1 Å². The number of rotatable bonds is 2. The molecule has 6 heteroatoms. The molecule has 0 aliphatic carbocycles. The van der Waals surface area contributed by atoms with Gasteiger partial charge in [-0.05, 0) is 24.3 Å². The average Bonchev–Trinajstić information content (AvgIpc) is 2.33. The highest BCUT2D eigenvalue weighted by atomic mass is 35.5. The van der Waals surface area contributed by atoms with E-state index in [1.807, 2.05) is 0 Å². The lowest BCUT2D eigenvalue weighted by atomic mass is 9.99. The van der Waals surface area contributed by atoms with E-state index in [-0.39, 0.29) is 21.7 Å². The number of benzene rings is 2. The predicted molar refractivity (Wildman–Crippen MR) is 63.7 cm³/mol. The maximum absolute atomic E-state index is 13.6. The van der Waals surface area contributed by atoms with Crippen molar-refractivity contribution in [1.82, 2.24) is 0 Å². The molecule has 98 valence electrons. The third-order valence-electron chi connectivity index (χ3n) is 2.51. The smallest absolute Gasteiger partial charge is 0.336 e. The molecule has 0 unspecified atom stereocenters. The second-order valence-electron chi connectivity index (χ2n) is 3.74. The zero-order valence-electron chi connectivity index (χ0n) is 9.25. The normalized spacial score (nSPS) is 10.5. The number of aromatic carboxylic acids is 1. The van der Waals surface area contributed by atoms with E-state index in [2.05, 4.69) is 0 Å². The van der Waals surface area contributed by atoms with Gasteiger partial charge in [0.1, 0.15) is 5.82 Å². The summed E-state index contributed by atoms with van der Waals surface area (Å²) < 4.78 is 39.7. The highest BCUT2D eigenvalue weighted by Gasteiger charge is 2.18. The maximum atomic E-state index is 13.6. The molecule has 0 fully saturated rings.